The minimum absolute atomic E-state index is 0.246. The second kappa shape index (κ2) is 7.23. The predicted octanol–water partition coefficient (Wildman–Crippen LogP) is 1.97. The van der Waals surface area contributed by atoms with Crippen molar-refractivity contribution in [3.8, 4) is 0 Å². The van der Waals surface area contributed by atoms with Gasteiger partial charge in [0.2, 0.25) is 0 Å². The van der Waals surface area contributed by atoms with Crippen LogP contribution in [0.15, 0.2) is 42.6 Å². The molecule has 0 atom stereocenters. The maximum atomic E-state index is 12.5. The molecule has 0 saturated heterocycles. The molecule has 0 aliphatic carbocycles. The van der Waals surface area contributed by atoms with Crippen LogP contribution in [0.5, 0.6) is 0 Å². The van der Waals surface area contributed by atoms with E-state index in [1.807, 2.05) is 0 Å². The average Bonchev–Trinajstić information content (AvgIpc) is 2.87. The van der Waals surface area contributed by atoms with E-state index >= 15 is 0 Å². The van der Waals surface area contributed by atoms with Crippen molar-refractivity contribution in [3.63, 3.8) is 0 Å². The molecule has 1 aliphatic heterocycles. The summed E-state index contributed by atoms with van der Waals surface area (Å²) < 4.78 is 4.95. The molecule has 0 bridgehead atoms. The first-order chi connectivity index (χ1) is 12.1. The van der Waals surface area contributed by atoms with Gasteiger partial charge in [-0.15, -0.1) is 0 Å². The zero-order valence-corrected chi connectivity index (χ0v) is 13.7. The van der Waals surface area contributed by atoms with E-state index in [2.05, 4.69) is 10.3 Å². The van der Waals surface area contributed by atoms with Crippen LogP contribution in [0, 0.1) is 0 Å². The van der Waals surface area contributed by atoms with Crippen molar-refractivity contribution in [1.29, 1.82) is 0 Å². The van der Waals surface area contributed by atoms with E-state index in [-0.39, 0.29) is 29.8 Å². The third kappa shape index (κ3) is 3.41. The molecule has 0 saturated carbocycles. The van der Waals surface area contributed by atoms with Gasteiger partial charge in [0.15, 0.2) is 0 Å². The number of methoxy groups -OCH3 is 1. The summed E-state index contributed by atoms with van der Waals surface area (Å²) in [4.78, 5) is 42.3. The second-order valence-electron chi connectivity index (χ2n) is 5.54. The Balaban J connectivity index is 1.78. The molecule has 2 aromatic rings. The smallest absolute Gasteiger partial charge is 0.261 e. The molecule has 1 N–H and O–H groups in total. The molecule has 128 valence electrons. The number of amides is 3. The van der Waals surface area contributed by atoms with Crippen molar-refractivity contribution >= 4 is 23.5 Å². The van der Waals surface area contributed by atoms with E-state index in [9.17, 15) is 14.4 Å². The standard InChI is InChI=1S/C18H17N3O4/c1-25-10-4-9-21-17(23)13-7-6-12(11-14(13)18(21)24)16(22)20-15-5-2-3-8-19-15/h2-3,5-8,11H,4,9-10H2,1H3,(H,19,20,22). The van der Waals surface area contributed by atoms with Crippen LogP contribution in [0.1, 0.15) is 37.5 Å². The number of benzene rings is 1. The highest BCUT2D eigenvalue weighted by Gasteiger charge is 2.35. The number of imide groups is 1. The van der Waals surface area contributed by atoms with Gasteiger partial charge in [0.05, 0.1) is 11.1 Å². The van der Waals surface area contributed by atoms with Crippen LogP contribution >= 0.6 is 0 Å². The van der Waals surface area contributed by atoms with Crippen LogP contribution in [0.3, 0.4) is 0 Å². The number of fused-ring (bicyclic) bond motifs is 1. The number of pyridine rings is 1. The van der Waals surface area contributed by atoms with E-state index in [4.69, 9.17) is 4.74 Å². The SMILES string of the molecule is COCCCN1C(=O)c2ccc(C(=O)Nc3ccccn3)cc2C1=O. The molecule has 7 nitrogen and oxygen atoms in total. The molecule has 0 radical (unpaired) electrons. The molecule has 1 aromatic carbocycles. The van der Waals surface area contributed by atoms with Gasteiger partial charge in [-0.3, -0.25) is 19.3 Å². The number of hydrogen-bond donors (Lipinski definition) is 1. The molecule has 1 aromatic heterocycles. The van der Waals surface area contributed by atoms with Crippen LogP contribution in [0.4, 0.5) is 5.82 Å². The zero-order valence-electron chi connectivity index (χ0n) is 13.7. The number of nitrogens with zero attached hydrogens (tertiary/aromatic N) is 2. The van der Waals surface area contributed by atoms with Crippen molar-refractivity contribution in [2.24, 2.45) is 0 Å². The highest BCUT2D eigenvalue weighted by Crippen LogP contribution is 2.24. The Kier molecular flexibility index (Phi) is 4.85. The Morgan fingerprint density at radius 3 is 2.68 bits per heavy atom. The van der Waals surface area contributed by atoms with Gasteiger partial charge < -0.3 is 10.1 Å². The fourth-order valence-electron chi connectivity index (χ4n) is 2.63. The molecule has 3 amide bonds. The number of anilines is 1. The summed E-state index contributed by atoms with van der Waals surface area (Å²) in [6.45, 7) is 0.751. The van der Waals surface area contributed by atoms with Gasteiger partial charge in [-0.25, -0.2) is 4.98 Å². The lowest BCUT2D eigenvalue weighted by atomic mass is 10.1. The predicted molar refractivity (Wildman–Crippen MR) is 90.5 cm³/mol. The molecule has 0 spiro atoms. The summed E-state index contributed by atoms with van der Waals surface area (Å²) in [5, 5.41) is 2.65. The van der Waals surface area contributed by atoms with Gasteiger partial charge in [0.25, 0.3) is 17.7 Å². The van der Waals surface area contributed by atoms with Crippen molar-refractivity contribution in [2.75, 3.05) is 25.6 Å². The summed E-state index contributed by atoms with van der Waals surface area (Å²) in [7, 11) is 1.56. The number of aromatic nitrogens is 1. The van der Waals surface area contributed by atoms with Crippen LogP contribution in [0.2, 0.25) is 0 Å². The molecule has 0 fully saturated rings. The summed E-state index contributed by atoms with van der Waals surface area (Å²) >= 11 is 0. The van der Waals surface area contributed by atoms with Crippen molar-refractivity contribution < 1.29 is 19.1 Å². The molecule has 1 aliphatic rings. The Morgan fingerprint density at radius 2 is 1.96 bits per heavy atom. The molecule has 3 rings (SSSR count). The Hall–Kier alpha value is -3.06. The van der Waals surface area contributed by atoms with Gasteiger partial charge in [0, 0.05) is 32.0 Å². The van der Waals surface area contributed by atoms with E-state index in [1.165, 1.54) is 23.1 Å². The van der Waals surface area contributed by atoms with Gasteiger partial charge in [-0.1, -0.05) is 6.07 Å². The summed E-state index contributed by atoms with van der Waals surface area (Å²) in [5.41, 5.74) is 0.859. The molecular formula is C18H17N3O4. The number of ether oxygens (including phenoxy) is 1. The minimum Gasteiger partial charge on any atom is -0.385 e. The monoisotopic (exact) mass is 339 g/mol. The lowest BCUT2D eigenvalue weighted by Crippen LogP contribution is -2.31. The highest BCUT2D eigenvalue weighted by molar-refractivity contribution is 6.22. The lowest BCUT2D eigenvalue weighted by molar-refractivity contribution is 0.0638. The van der Waals surface area contributed by atoms with Crippen molar-refractivity contribution in [2.45, 2.75) is 6.42 Å². The van der Waals surface area contributed by atoms with Crippen LogP contribution in [-0.4, -0.2) is 47.9 Å². The van der Waals surface area contributed by atoms with Crippen LogP contribution in [0.25, 0.3) is 0 Å². The number of rotatable bonds is 6. The van der Waals surface area contributed by atoms with E-state index in [0.717, 1.165) is 0 Å². The lowest BCUT2D eigenvalue weighted by Gasteiger charge is -2.12. The molecule has 0 unspecified atom stereocenters. The van der Waals surface area contributed by atoms with Crippen molar-refractivity contribution in [1.82, 2.24) is 9.88 Å². The topological polar surface area (TPSA) is 88.6 Å². The first-order valence-corrected chi connectivity index (χ1v) is 7.83. The molecule has 2 heterocycles. The van der Waals surface area contributed by atoms with E-state index in [1.54, 1.807) is 31.5 Å². The largest absolute Gasteiger partial charge is 0.385 e. The first kappa shape index (κ1) is 16.8. The Bertz CT molecular complexity index is 820. The molecular weight excluding hydrogens is 322 g/mol. The highest BCUT2D eigenvalue weighted by atomic mass is 16.5. The van der Waals surface area contributed by atoms with Gasteiger partial charge >= 0.3 is 0 Å². The van der Waals surface area contributed by atoms with Gasteiger partial charge in [-0.05, 0) is 36.8 Å². The third-order valence-corrected chi connectivity index (χ3v) is 3.87. The Morgan fingerprint density at radius 1 is 1.16 bits per heavy atom. The Labute approximate surface area is 144 Å². The van der Waals surface area contributed by atoms with Crippen LogP contribution < -0.4 is 5.32 Å². The maximum absolute atomic E-state index is 12.5. The van der Waals surface area contributed by atoms with Gasteiger partial charge in [-0.2, -0.15) is 0 Å². The van der Waals surface area contributed by atoms with E-state index in [0.29, 0.717) is 30.0 Å². The zero-order chi connectivity index (χ0) is 17.8. The fraction of sp³-hybridized carbons (Fsp3) is 0.222. The summed E-state index contributed by atoms with van der Waals surface area (Å²) in [5.74, 6) is -0.701. The first-order valence-electron chi connectivity index (χ1n) is 7.83. The minimum atomic E-state index is -0.389. The third-order valence-electron chi connectivity index (χ3n) is 3.87. The number of carbonyl (C=O) groups excluding carboxylic acids is 3. The molecule has 25 heavy (non-hydrogen) atoms. The quantitative estimate of drug-likeness (QED) is 0.642. The second-order valence-corrected chi connectivity index (χ2v) is 5.54. The number of nitrogens with one attached hydrogen (secondary N) is 1. The van der Waals surface area contributed by atoms with Crippen molar-refractivity contribution in [3.05, 3.63) is 59.3 Å². The summed E-state index contributed by atoms with van der Waals surface area (Å²) in [6.07, 6.45) is 2.13. The van der Waals surface area contributed by atoms with E-state index < -0.39 is 0 Å². The summed E-state index contributed by atoms with van der Waals surface area (Å²) in [6, 6.07) is 9.65. The fourth-order valence-corrected chi connectivity index (χ4v) is 2.63. The maximum Gasteiger partial charge on any atom is 0.261 e. The van der Waals surface area contributed by atoms with Gasteiger partial charge in [0.1, 0.15) is 5.82 Å². The average molecular weight is 339 g/mol. The number of hydrogen-bond acceptors (Lipinski definition) is 5. The molecule has 7 heteroatoms. The number of carbonyl (C=O) groups is 3. The normalized spacial score (nSPS) is 13.1. The van der Waals surface area contributed by atoms with Crippen LogP contribution in [-0.2, 0) is 4.74 Å².